The molecule has 1 rings (SSSR count). The number of nitrogens with two attached hydrogens (primary N) is 1. The van der Waals surface area contributed by atoms with Crippen molar-refractivity contribution in [1.29, 1.82) is 0 Å². The molecular weight excluding hydrogens is 168 g/mol. The summed E-state index contributed by atoms with van der Waals surface area (Å²) in [6, 6.07) is 0. The maximum atomic E-state index is 8.65. The van der Waals surface area contributed by atoms with Crippen molar-refractivity contribution in [2.75, 3.05) is 5.73 Å². The molecule has 7 heteroatoms. The summed E-state index contributed by atoms with van der Waals surface area (Å²) in [5, 5.41) is 17.3. The number of hydrogen-bond acceptors (Lipinski definition) is 5. The molecule has 0 atom stereocenters. The SMILES string of the molecule is Nc1nc(Cl)ncc1B(O)O. The lowest BCUT2D eigenvalue weighted by molar-refractivity contribution is 0.425. The van der Waals surface area contributed by atoms with Gasteiger partial charge in [-0.05, 0) is 11.6 Å². The van der Waals surface area contributed by atoms with E-state index in [9.17, 15) is 0 Å². The molecule has 0 aliphatic carbocycles. The van der Waals surface area contributed by atoms with Gasteiger partial charge in [0, 0.05) is 11.7 Å². The predicted molar refractivity (Wildman–Crippen MR) is 41.3 cm³/mol. The van der Waals surface area contributed by atoms with Crippen LogP contribution in [0.25, 0.3) is 0 Å². The van der Waals surface area contributed by atoms with E-state index in [2.05, 4.69) is 9.97 Å². The monoisotopic (exact) mass is 173 g/mol. The molecule has 0 aromatic carbocycles. The minimum Gasteiger partial charge on any atom is -0.423 e. The van der Waals surface area contributed by atoms with Crippen molar-refractivity contribution in [1.82, 2.24) is 9.97 Å². The molecule has 0 radical (unpaired) electrons. The van der Waals surface area contributed by atoms with Crippen LogP contribution in [-0.4, -0.2) is 27.1 Å². The number of anilines is 1. The number of rotatable bonds is 1. The quantitative estimate of drug-likeness (QED) is 0.351. The fourth-order valence-electron chi connectivity index (χ4n) is 0.581. The molecule has 11 heavy (non-hydrogen) atoms. The van der Waals surface area contributed by atoms with E-state index in [1.54, 1.807) is 0 Å². The second kappa shape index (κ2) is 3.04. The van der Waals surface area contributed by atoms with Crippen LogP contribution >= 0.6 is 11.6 Å². The normalized spacial score (nSPS) is 9.73. The van der Waals surface area contributed by atoms with E-state index < -0.39 is 7.12 Å². The van der Waals surface area contributed by atoms with Crippen LogP contribution in [-0.2, 0) is 0 Å². The van der Waals surface area contributed by atoms with Crippen LogP contribution < -0.4 is 11.2 Å². The zero-order valence-electron chi connectivity index (χ0n) is 5.40. The summed E-state index contributed by atoms with van der Waals surface area (Å²) < 4.78 is 0. The number of nitrogens with zero attached hydrogens (tertiary/aromatic N) is 2. The lowest BCUT2D eigenvalue weighted by atomic mass is 9.82. The Hall–Kier alpha value is -0.845. The molecular formula is C4H5BClN3O2. The molecule has 0 fully saturated rings. The molecule has 1 aromatic heterocycles. The van der Waals surface area contributed by atoms with E-state index in [-0.39, 0.29) is 16.6 Å². The van der Waals surface area contributed by atoms with Gasteiger partial charge in [-0.3, -0.25) is 0 Å². The summed E-state index contributed by atoms with van der Waals surface area (Å²) in [4.78, 5) is 7.02. The molecule has 1 heterocycles. The Balaban J connectivity index is 3.09. The second-order valence-electron chi connectivity index (χ2n) is 1.85. The highest BCUT2D eigenvalue weighted by Gasteiger charge is 2.15. The van der Waals surface area contributed by atoms with Gasteiger partial charge in [-0.15, -0.1) is 0 Å². The van der Waals surface area contributed by atoms with Crippen molar-refractivity contribution in [2.24, 2.45) is 0 Å². The third-order valence-electron chi connectivity index (χ3n) is 1.10. The van der Waals surface area contributed by atoms with Crippen LogP contribution in [0.2, 0.25) is 5.28 Å². The maximum Gasteiger partial charge on any atom is 0.493 e. The van der Waals surface area contributed by atoms with Crippen molar-refractivity contribution < 1.29 is 10.0 Å². The number of nitrogen functional groups attached to an aromatic ring is 1. The average molecular weight is 173 g/mol. The minimum atomic E-state index is -1.66. The molecule has 4 N–H and O–H groups in total. The summed E-state index contributed by atoms with van der Waals surface area (Å²) in [6.45, 7) is 0. The largest absolute Gasteiger partial charge is 0.493 e. The van der Waals surface area contributed by atoms with Crippen molar-refractivity contribution in [3.8, 4) is 0 Å². The molecule has 58 valence electrons. The highest BCUT2D eigenvalue weighted by Crippen LogP contribution is 1.99. The Morgan fingerprint density at radius 1 is 1.55 bits per heavy atom. The average Bonchev–Trinajstić information content (AvgIpc) is 1.85. The van der Waals surface area contributed by atoms with Crippen LogP contribution in [0, 0.1) is 0 Å². The van der Waals surface area contributed by atoms with Crippen LogP contribution in [0.3, 0.4) is 0 Å². The van der Waals surface area contributed by atoms with E-state index in [1.165, 1.54) is 0 Å². The third-order valence-corrected chi connectivity index (χ3v) is 1.28. The smallest absolute Gasteiger partial charge is 0.423 e. The predicted octanol–water partition coefficient (Wildman–Crippen LogP) is -1.61. The van der Waals surface area contributed by atoms with Gasteiger partial charge >= 0.3 is 7.12 Å². The molecule has 0 saturated carbocycles. The van der Waals surface area contributed by atoms with Gasteiger partial charge < -0.3 is 15.8 Å². The molecule has 0 bridgehead atoms. The second-order valence-corrected chi connectivity index (χ2v) is 2.19. The number of halogens is 1. The van der Waals surface area contributed by atoms with Gasteiger partial charge in [0.15, 0.2) is 0 Å². The first kappa shape index (κ1) is 8.25. The van der Waals surface area contributed by atoms with Gasteiger partial charge in [-0.1, -0.05) is 0 Å². The van der Waals surface area contributed by atoms with Gasteiger partial charge in [0.1, 0.15) is 5.82 Å². The van der Waals surface area contributed by atoms with Gasteiger partial charge in [-0.2, -0.15) is 0 Å². The molecule has 0 amide bonds. The molecule has 5 nitrogen and oxygen atoms in total. The fourth-order valence-corrected chi connectivity index (χ4v) is 0.721. The van der Waals surface area contributed by atoms with Crippen molar-refractivity contribution in [2.45, 2.75) is 0 Å². The fraction of sp³-hybridized carbons (Fsp3) is 0. The van der Waals surface area contributed by atoms with Crippen LogP contribution in [0.1, 0.15) is 0 Å². The van der Waals surface area contributed by atoms with Crippen molar-refractivity contribution >= 4 is 30.0 Å². The first-order valence-electron chi connectivity index (χ1n) is 2.75. The summed E-state index contributed by atoms with van der Waals surface area (Å²) in [5.41, 5.74) is 5.32. The van der Waals surface area contributed by atoms with E-state index in [0.717, 1.165) is 6.20 Å². The van der Waals surface area contributed by atoms with Gasteiger partial charge in [0.2, 0.25) is 5.28 Å². The van der Waals surface area contributed by atoms with Crippen LogP contribution in [0.4, 0.5) is 5.82 Å². The third kappa shape index (κ3) is 1.80. The molecule has 0 aliphatic rings. The number of aromatic nitrogens is 2. The molecule has 0 aliphatic heterocycles. The Bertz CT molecular complexity index is 270. The molecule has 0 spiro atoms. The molecule has 0 unspecified atom stereocenters. The first-order valence-corrected chi connectivity index (χ1v) is 3.13. The molecule has 0 saturated heterocycles. The standard InChI is InChI=1S/C4H5BClN3O2/c6-4-8-1-2(5(10)11)3(7)9-4/h1,10-11H,(H2,7,8,9). The summed E-state index contributed by atoms with van der Waals surface area (Å²) >= 11 is 5.36. The zero-order valence-corrected chi connectivity index (χ0v) is 6.15. The highest BCUT2D eigenvalue weighted by molar-refractivity contribution is 6.60. The molecule has 1 aromatic rings. The topological polar surface area (TPSA) is 92.3 Å². The van der Waals surface area contributed by atoms with E-state index in [4.69, 9.17) is 27.4 Å². The Kier molecular flexibility index (Phi) is 2.28. The lowest BCUT2D eigenvalue weighted by Gasteiger charge is -2.00. The Morgan fingerprint density at radius 2 is 2.18 bits per heavy atom. The summed E-state index contributed by atoms with van der Waals surface area (Å²) in [5.74, 6) is -0.0278. The highest BCUT2D eigenvalue weighted by atomic mass is 35.5. The van der Waals surface area contributed by atoms with E-state index in [0.29, 0.717) is 0 Å². The van der Waals surface area contributed by atoms with Gasteiger partial charge in [-0.25, -0.2) is 9.97 Å². The van der Waals surface area contributed by atoms with Crippen molar-refractivity contribution in [3.05, 3.63) is 11.5 Å². The van der Waals surface area contributed by atoms with Crippen LogP contribution in [0.5, 0.6) is 0 Å². The van der Waals surface area contributed by atoms with Crippen molar-refractivity contribution in [3.63, 3.8) is 0 Å². The Labute approximate surface area is 68.0 Å². The van der Waals surface area contributed by atoms with E-state index >= 15 is 0 Å². The van der Waals surface area contributed by atoms with Crippen LogP contribution in [0.15, 0.2) is 6.20 Å². The van der Waals surface area contributed by atoms with Gasteiger partial charge in [0.05, 0.1) is 0 Å². The maximum absolute atomic E-state index is 8.65. The minimum absolute atomic E-state index is 0.0214. The lowest BCUT2D eigenvalue weighted by Crippen LogP contribution is -2.33. The Morgan fingerprint density at radius 3 is 2.64 bits per heavy atom. The zero-order chi connectivity index (χ0) is 8.43. The van der Waals surface area contributed by atoms with Gasteiger partial charge in [0.25, 0.3) is 0 Å². The summed E-state index contributed by atoms with van der Waals surface area (Å²) in [7, 11) is -1.66. The number of hydrogen-bond donors (Lipinski definition) is 3. The summed E-state index contributed by atoms with van der Waals surface area (Å²) in [6.07, 6.45) is 1.16. The first-order chi connectivity index (χ1) is 5.11. The van der Waals surface area contributed by atoms with E-state index in [1.807, 2.05) is 0 Å².